The molecular formula is C23H26FN3O5. The van der Waals surface area contributed by atoms with Crippen LogP contribution in [-0.4, -0.2) is 47.1 Å². The minimum atomic E-state index is -0.923. The molecule has 0 aliphatic carbocycles. The number of benzene rings is 1. The number of nitrogens with one attached hydrogen (secondary N) is 3. The Labute approximate surface area is 184 Å². The summed E-state index contributed by atoms with van der Waals surface area (Å²) in [5, 5.41) is 14.4. The van der Waals surface area contributed by atoms with Gasteiger partial charge in [-0.3, -0.25) is 14.4 Å². The van der Waals surface area contributed by atoms with Crippen molar-refractivity contribution in [2.75, 3.05) is 18.5 Å². The molecule has 0 bridgehead atoms. The number of halogens is 1. The van der Waals surface area contributed by atoms with Crippen LogP contribution in [-0.2, 0) is 14.3 Å². The van der Waals surface area contributed by atoms with Crippen molar-refractivity contribution in [2.24, 2.45) is 0 Å². The Kier molecular flexibility index (Phi) is 7.09. The summed E-state index contributed by atoms with van der Waals surface area (Å²) in [5.74, 6) is -2.05. The first kappa shape index (κ1) is 23.2. The molecule has 1 aromatic heterocycles. The van der Waals surface area contributed by atoms with Gasteiger partial charge < -0.3 is 25.5 Å². The first-order valence-electron chi connectivity index (χ1n) is 10.3. The Morgan fingerprint density at radius 3 is 2.75 bits per heavy atom. The van der Waals surface area contributed by atoms with Crippen molar-refractivity contribution in [3.05, 3.63) is 52.1 Å². The highest BCUT2D eigenvalue weighted by Gasteiger charge is 2.26. The molecule has 0 radical (unpaired) electrons. The molecule has 1 aliphatic heterocycles. The number of ether oxygens (including phenoxy) is 1. The zero-order valence-corrected chi connectivity index (χ0v) is 18.2. The second kappa shape index (κ2) is 9.78. The zero-order valence-electron chi connectivity index (χ0n) is 18.2. The van der Waals surface area contributed by atoms with Crippen LogP contribution in [0, 0.1) is 19.7 Å². The molecule has 2 heterocycles. The lowest BCUT2D eigenvalue weighted by atomic mass is 10.0. The van der Waals surface area contributed by atoms with E-state index in [1.54, 1.807) is 26.8 Å². The Morgan fingerprint density at radius 1 is 1.31 bits per heavy atom. The fourth-order valence-electron chi connectivity index (χ4n) is 3.77. The number of carbonyl (C=O) groups is 3. The van der Waals surface area contributed by atoms with Crippen molar-refractivity contribution in [1.29, 1.82) is 0 Å². The van der Waals surface area contributed by atoms with E-state index in [2.05, 4.69) is 15.6 Å². The quantitative estimate of drug-likeness (QED) is 0.444. The molecule has 4 N–H and O–H groups in total. The molecule has 170 valence electrons. The number of rotatable bonds is 9. The fourth-order valence-corrected chi connectivity index (χ4v) is 3.77. The summed E-state index contributed by atoms with van der Waals surface area (Å²) in [7, 11) is 0. The van der Waals surface area contributed by atoms with E-state index in [-0.39, 0.29) is 31.2 Å². The topological polar surface area (TPSA) is 121 Å². The molecule has 1 aromatic carbocycles. The van der Waals surface area contributed by atoms with Gasteiger partial charge in [0.25, 0.3) is 11.8 Å². The van der Waals surface area contributed by atoms with E-state index in [1.807, 2.05) is 0 Å². The maximum absolute atomic E-state index is 13.7. The zero-order chi connectivity index (χ0) is 23.4. The number of H-pyrrole nitrogens is 1. The average Bonchev–Trinajstić information content (AvgIpc) is 3.19. The molecule has 0 saturated heterocycles. The molecule has 32 heavy (non-hydrogen) atoms. The third-order valence-electron chi connectivity index (χ3n) is 5.33. The second-order valence-corrected chi connectivity index (χ2v) is 7.59. The molecule has 2 amide bonds. The van der Waals surface area contributed by atoms with Gasteiger partial charge >= 0.3 is 5.97 Å². The lowest BCUT2D eigenvalue weighted by Gasteiger charge is -2.17. The Morgan fingerprint density at radius 2 is 2.06 bits per heavy atom. The number of carbonyl (C=O) groups excluding carboxylic acids is 2. The van der Waals surface area contributed by atoms with Crippen LogP contribution < -0.4 is 10.6 Å². The average molecular weight is 443 g/mol. The monoisotopic (exact) mass is 443 g/mol. The van der Waals surface area contributed by atoms with E-state index in [0.29, 0.717) is 45.9 Å². The number of aromatic amines is 1. The summed E-state index contributed by atoms with van der Waals surface area (Å²) in [6, 6.07) is 4.08. The SMILES string of the molecule is CCOC(CCC(=O)O)CNC(=O)c1c(C)[nH]c(/C=C2\C(=O)Nc3ccc(F)cc32)c1C. The van der Waals surface area contributed by atoms with Gasteiger partial charge in [0, 0.05) is 42.2 Å². The second-order valence-electron chi connectivity index (χ2n) is 7.59. The Balaban J connectivity index is 1.80. The van der Waals surface area contributed by atoms with E-state index in [9.17, 15) is 18.8 Å². The number of fused-ring (bicyclic) bond motifs is 1. The van der Waals surface area contributed by atoms with Crippen LogP contribution in [0.5, 0.6) is 0 Å². The Hall–Kier alpha value is -3.46. The van der Waals surface area contributed by atoms with Gasteiger partial charge in [-0.25, -0.2) is 4.39 Å². The van der Waals surface area contributed by atoms with E-state index in [0.717, 1.165) is 0 Å². The van der Waals surface area contributed by atoms with Crippen LogP contribution in [0.2, 0.25) is 0 Å². The normalized spacial score (nSPS) is 14.9. The number of carboxylic acid groups (broad SMARTS) is 1. The summed E-state index contributed by atoms with van der Waals surface area (Å²) in [6.45, 7) is 5.89. The number of aliphatic carboxylic acids is 1. The predicted octanol–water partition coefficient (Wildman–Crippen LogP) is 3.26. The van der Waals surface area contributed by atoms with Crippen LogP contribution >= 0.6 is 0 Å². The maximum Gasteiger partial charge on any atom is 0.303 e. The van der Waals surface area contributed by atoms with Crippen LogP contribution in [0.4, 0.5) is 10.1 Å². The van der Waals surface area contributed by atoms with E-state index >= 15 is 0 Å². The van der Waals surface area contributed by atoms with E-state index in [4.69, 9.17) is 9.84 Å². The summed E-state index contributed by atoms with van der Waals surface area (Å²) < 4.78 is 19.2. The van der Waals surface area contributed by atoms with Crippen molar-refractivity contribution in [1.82, 2.24) is 10.3 Å². The number of anilines is 1. The van der Waals surface area contributed by atoms with Crippen LogP contribution in [0.15, 0.2) is 18.2 Å². The Bertz CT molecular complexity index is 1090. The minimum Gasteiger partial charge on any atom is -0.481 e. The molecule has 8 nitrogen and oxygen atoms in total. The highest BCUT2D eigenvalue weighted by molar-refractivity contribution is 6.34. The number of hydrogen-bond acceptors (Lipinski definition) is 4. The first-order valence-corrected chi connectivity index (χ1v) is 10.3. The summed E-state index contributed by atoms with van der Waals surface area (Å²) in [5.41, 5.74) is 3.56. The van der Waals surface area contributed by atoms with Gasteiger partial charge in [0.1, 0.15) is 5.82 Å². The van der Waals surface area contributed by atoms with Crippen LogP contribution in [0.25, 0.3) is 11.6 Å². The first-order chi connectivity index (χ1) is 15.2. The standard InChI is InChI=1S/C23H26FN3O5/c1-4-32-15(6-8-20(28)29)11-25-23(31)21-12(2)19(26-13(21)3)10-17-16-9-14(24)5-7-18(16)27-22(17)30/h5,7,9-10,15,26H,4,6,8,11H2,1-3H3,(H,25,31)(H,27,30)(H,28,29)/b17-10-. The van der Waals surface area contributed by atoms with Gasteiger partial charge in [-0.15, -0.1) is 0 Å². The predicted molar refractivity (Wildman–Crippen MR) is 118 cm³/mol. The summed E-state index contributed by atoms with van der Waals surface area (Å²) in [6.07, 6.45) is 1.44. The fraction of sp³-hybridized carbons (Fsp3) is 0.348. The maximum atomic E-state index is 13.7. The summed E-state index contributed by atoms with van der Waals surface area (Å²) in [4.78, 5) is 39.2. The highest BCUT2D eigenvalue weighted by atomic mass is 19.1. The lowest BCUT2D eigenvalue weighted by molar-refractivity contribution is -0.137. The van der Waals surface area contributed by atoms with Gasteiger partial charge in [-0.1, -0.05) is 0 Å². The molecule has 0 fully saturated rings. The lowest BCUT2D eigenvalue weighted by Crippen LogP contribution is -2.34. The van der Waals surface area contributed by atoms with Gasteiger partial charge in [-0.05, 0) is 57.0 Å². The molecule has 1 aliphatic rings. The molecule has 1 atom stereocenters. The van der Waals surface area contributed by atoms with Gasteiger partial charge in [0.2, 0.25) is 0 Å². The molecule has 0 spiro atoms. The molecule has 3 rings (SSSR count). The van der Waals surface area contributed by atoms with Gasteiger partial charge in [0.15, 0.2) is 0 Å². The van der Waals surface area contributed by atoms with Crippen molar-refractivity contribution in [3.8, 4) is 0 Å². The molecule has 2 aromatic rings. The van der Waals surface area contributed by atoms with Crippen LogP contribution in [0.3, 0.4) is 0 Å². The van der Waals surface area contributed by atoms with Gasteiger partial charge in [0.05, 0.1) is 17.2 Å². The van der Waals surface area contributed by atoms with Crippen molar-refractivity contribution >= 4 is 35.1 Å². The smallest absolute Gasteiger partial charge is 0.303 e. The van der Waals surface area contributed by atoms with Crippen molar-refractivity contribution < 1.29 is 28.6 Å². The molecule has 1 unspecified atom stereocenters. The minimum absolute atomic E-state index is 0.0510. The molecular weight excluding hydrogens is 417 g/mol. The molecule has 0 saturated carbocycles. The van der Waals surface area contributed by atoms with E-state index < -0.39 is 17.9 Å². The van der Waals surface area contributed by atoms with E-state index in [1.165, 1.54) is 18.2 Å². The number of amides is 2. The van der Waals surface area contributed by atoms with Crippen molar-refractivity contribution in [3.63, 3.8) is 0 Å². The third kappa shape index (κ3) is 5.05. The highest BCUT2D eigenvalue weighted by Crippen LogP contribution is 2.34. The van der Waals surface area contributed by atoms with Crippen LogP contribution in [0.1, 0.15) is 52.6 Å². The van der Waals surface area contributed by atoms with Crippen molar-refractivity contribution in [2.45, 2.75) is 39.7 Å². The largest absolute Gasteiger partial charge is 0.481 e. The van der Waals surface area contributed by atoms with Gasteiger partial charge in [-0.2, -0.15) is 0 Å². The number of hydrogen-bond donors (Lipinski definition) is 4. The number of aryl methyl sites for hydroxylation is 1. The number of aromatic nitrogens is 1. The summed E-state index contributed by atoms with van der Waals surface area (Å²) >= 11 is 0. The third-order valence-corrected chi connectivity index (χ3v) is 5.33. The number of carboxylic acids is 1. The molecule has 9 heteroatoms.